The van der Waals surface area contributed by atoms with E-state index in [2.05, 4.69) is 20.9 Å². The molecule has 2 heterocycles. The van der Waals surface area contributed by atoms with Crippen molar-refractivity contribution in [2.24, 2.45) is 0 Å². The molecule has 0 bridgehead atoms. The van der Waals surface area contributed by atoms with Crippen molar-refractivity contribution in [3.05, 3.63) is 46.4 Å². The SMILES string of the molecule is [C-]#[N+]c1[nH+]cc(C#N)c2[nH]c3c(Cl)cccc3c12. The van der Waals surface area contributed by atoms with Gasteiger partial charge in [-0.1, -0.05) is 23.7 Å². The van der Waals surface area contributed by atoms with Gasteiger partial charge in [-0.25, -0.2) is 4.98 Å². The maximum absolute atomic E-state index is 9.09. The lowest BCUT2D eigenvalue weighted by atomic mass is 10.1. The first-order chi connectivity index (χ1) is 8.76. The van der Waals surface area contributed by atoms with Crippen LogP contribution in [0.4, 0.5) is 5.82 Å². The maximum atomic E-state index is 9.09. The summed E-state index contributed by atoms with van der Waals surface area (Å²) in [7, 11) is 0. The maximum Gasteiger partial charge on any atom is 0.427 e. The Balaban J connectivity index is 2.66. The summed E-state index contributed by atoms with van der Waals surface area (Å²) in [5.41, 5.74) is 1.85. The van der Waals surface area contributed by atoms with Gasteiger partial charge in [0.1, 0.15) is 18.2 Å². The van der Waals surface area contributed by atoms with Crippen LogP contribution >= 0.6 is 11.6 Å². The lowest BCUT2D eigenvalue weighted by Gasteiger charge is -1.92. The molecule has 3 aromatic rings. The van der Waals surface area contributed by atoms with Crippen LogP contribution in [0.25, 0.3) is 26.7 Å². The quantitative estimate of drug-likeness (QED) is 0.615. The highest BCUT2D eigenvalue weighted by atomic mass is 35.5. The minimum absolute atomic E-state index is 0.400. The highest BCUT2D eigenvalue weighted by molar-refractivity contribution is 6.36. The van der Waals surface area contributed by atoms with Crippen LogP contribution in [0.5, 0.6) is 0 Å². The van der Waals surface area contributed by atoms with Crippen molar-refractivity contribution in [1.29, 1.82) is 5.26 Å². The molecule has 2 N–H and O–H groups in total. The molecule has 0 aliphatic heterocycles. The number of pyridine rings is 1. The molecule has 0 unspecified atom stereocenters. The van der Waals surface area contributed by atoms with Crippen molar-refractivity contribution in [3.8, 4) is 6.07 Å². The van der Waals surface area contributed by atoms with Crippen LogP contribution in [-0.2, 0) is 0 Å². The molecule has 0 atom stereocenters. The van der Waals surface area contributed by atoms with Crippen molar-refractivity contribution in [2.75, 3.05) is 0 Å². The van der Waals surface area contributed by atoms with Crippen LogP contribution in [0.1, 0.15) is 5.56 Å². The molecule has 0 aliphatic rings. The van der Waals surface area contributed by atoms with Gasteiger partial charge in [0, 0.05) is 5.39 Å². The predicted molar refractivity (Wildman–Crippen MR) is 68.3 cm³/mol. The van der Waals surface area contributed by atoms with Gasteiger partial charge in [-0.2, -0.15) is 10.1 Å². The number of para-hydroxylation sites is 1. The van der Waals surface area contributed by atoms with E-state index in [-0.39, 0.29) is 0 Å². The minimum Gasteiger partial charge on any atom is -0.353 e. The third-order valence-corrected chi connectivity index (χ3v) is 3.19. The van der Waals surface area contributed by atoms with E-state index in [0.29, 0.717) is 27.3 Å². The number of halogens is 1. The van der Waals surface area contributed by atoms with Gasteiger partial charge in [0.05, 0.1) is 21.4 Å². The normalized spacial score (nSPS) is 10.4. The number of hydrogen-bond acceptors (Lipinski definition) is 1. The van der Waals surface area contributed by atoms with Crippen LogP contribution in [0.15, 0.2) is 24.4 Å². The molecule has 0 fully saturated rings. The van der Waals surface area contributed by atoms with E-state index in [1.54, 1.807) is 6.07 Å². The van der Waals surface area contributed by atoms with E-state index in [1.807, 2.05) is 12.1 Å². The number of nitriles is 1. The Morgan fingerprint density at radius 3 is 2.94 bits per heavy atom. The molecule has 5 heteroatoms. The fourth-order valence-corrected chi connectivity index (χ4v) is 2.31. The van der Waals surface area contributed by atoms with Gasteiger partial charge >= 0.3 is 5.82 Å². The van der Waals surface area contributed by atoms with E-state index in [0.717, 1.165) is 10.9 Å². The number of aromatic amines is 2. The van der Waals surface area contributed by atoms with Gasteiger partial charge in [-0.15, -0.1) is 0 Å². The molecule has 1 aromatic carbocycles. The smallest absolute Gasteiger partial charge is 0.353 e. The number of H-pyrrole nitrogens is 2. The first-order valence-corrected chi connectivity index (χ1v) is 5.56. The molecule has 0 saturated carbocycles. The molecule has 0 aliphatic carbocycles. The van der Waals surface area contributed by atoms with Crippen LogP contribution in [0, 0.1) is 17.9 Å². The second-order valence-corrected chi connectivity index (χ2v) is 4.22. The zero-order valence-corrected chi connectivity index (χ0v) is 9.84. The number of benzene rings is 1. The zero-order chi connectivity index (χ0) is 12.7. The molecule has 4 nitrogen and oxygen atoms in total. The summed E-state index contributed by atoms with van der Waals surface area (Å²) in [6.07, 6.45) is 1.53. The molecule has 84 valence electrons. The molecule has 0 saturated heterocycles. The molecule has 0 amide bonds. The number of hydrogen-bond donors (Lipinski definition) is 1. The number of fused-ring (bicyclic) bond motifs is 3. The Labute approximate surface area is 107 Å². The summed E-state index contributed by atoms with van der Waals surface area (Å²) in [5, 5.41) is 11.2. The number of nitrogens with zero attached hydrogens (tertiary/aromatic N) is 2. The Morgan fingerprint density at radius 1 is 1.39 bits per heavy atom. The van der Waals surface area contributed by atoms with Crippen LogP contribution in [0.3, 0.4) is 0 Å². The van der Waals surface area contributed by atoms with Crippen molar-refractivity contribution in [2.45, 2.75) is 0 Å². The Bertz CT molecular complexity index is 864. The summed E-state index contributed by atoms with van der Waals surface area (Å²) in [6.45, 7) is 7.18. The predicted octanol–water partition coefficient (Wildman–Crippen LogP) is 3.21. The van der Waals surface area contributed by atoms with E-state index in [9.17, 15) is 0 Å². The second kappa shape index (κ2) is 3.73. The molecule has 2 aromatic heterocycles. The Kier molecular flexibility index (Phi) is 2.19. The van der Waals surface area contributed by atoms with Gasteiger partial charge in [0.25, 0.3) is 0 Å². The van der Waals surface area contributed by atoms with Crippen molar-refractivity contribution in [3.63, 3.8) is 0 Å². The molecule has 3 rings (SSSR count). The minimum atomic E-state index is 0.400. The molecule has 0 radical (unpaired) electrons. The summed E-state index contributed by atoms with van der Waals surface area (Å²) < 4.78 is 0. The number of nitrogens with one attached hydrogen (secondary N) is 2. The van der Waals surface area contributed by atoms with E-state index >= 15 is 0 Å². The lowest BCUT2D eigenvalue weighted by Crippen LogP contribution is -2.02. The molecule has 18 heavy (non-hydrogen) atoms. The van der Waals surface area contributed by atoms with Crippen molar-refractivity contribution in [1.82, 2.24) is 4.98 Å². The van der Waals surface area contributed by atoms with E-state index < -0.39 is 0 Å². The molecule has 0 spiro atoms. The number of rotatable bonds is 0. The lowest BCUT2D eigenvalue weighted by molar-refractivity contribution is -0.357. The average molecular weight is 254 g/mol. The highest BCUT2D eigenvalue weighted by Crippen LogP contribution is 2.34. The summed E-state index contributed by atoms with van der Waals surface area (Å²) in [5.74, 6) is 0.400. The topological polar surface area (TPSA) is 58.1 Å². The third kappa shape index (κ3) is 1.27. The fraction of sp³-hybridized carbons (Fsp3) is 0. The standard InChI is InChI=1S/C13H5ClN4/c1-16-13-10-8-3-2-4-9(14)12(8)18-11(10)7(5-15)6-17-13/h2-4,6,18H/p+1. The van der Waals surface area contributed by atoms with Gasteiger partial charge in [-0.05, 0) is 6.07 Å². The Hall–Kier alpha value is -2.56. The van der Waals surface area contributed by atoms with Gasteiger partial charge in [0.2, 0.25) is 0 Å². The second-order valence-electron chi connectivity index (χ2n) is 3.81. The largest absolute Gasteiger partial charge is 0.427 e. The van der Waals surface area contributed by atoms with Crippen molar-refractivity contribution < 1.29 is 4.98 Å². The zero-order valence-electron chi connectivity index (χ0n) is 9.08. The molecular formula is C13H6ClN4+. The van der Waals surface area contributed by atoms with Gasteiger partial charge in [-0.3, -0.25) is 0 Å². The summed E-state index contributed by atoms with van der Waals surface area (Å²) in [4.78, 5) is 9.41. The van der Waals surface area contributed by atoms with Crippen LogP contribution < -0.4 is 4.98 Å². The third-order valence-electron chi connectivity index (χ3n) is 2.87. The van der Waals surface area contributed by atoms with Gasteiger partial charge < -0.3 is 4.98 Å². The molecular weight excluding hydrogens is 248 g/mol. The van der Waals surface area contributed by atoms with E-state index in [4.69, 9.17) is 23.4 Å². The van der Waals surface area contributed by atoms with Gasteiger partial charge in [0.15, 0.2) is 6.20 Å². The van der Waals surface area contributed by atoms with Crippen molar-refractivity contribution >= 4 is 39.2 Å². The van der Waals surface area contributed by atoms with E-state index in [1.165, 1.54) is 6.20 Å². The summed E-state index contributed by atoms with van der Waals surface area (Å²) >= 11 is 6.12. The monoisotopic (exact) mass is 253 g/mol. The summed E-state index contributed by atoms with van der Waals surface area (Å²) in [6, 6.07) is 7.57. The highest BCUT2D eigenvalue weighted by Gasteiger charge is 2.19. The van der Waals surface area contributed by atoms with Crippen LogP contribution in [-0.4, -0.2) is 4.98 Å². The first-order valence-electron chi connectivity index (χ1n) is 5.18. The van der Waals surface area contributed by atoms with Crippen LogP contribution in [0.2, 0.25) is 5.02 Å². The Morgan fingerprint density at radius 2 is 2.22 bits per heavy atom. The fourth-order valence-electron chi connectivity index (χ4n) is 2.09. The number of aromatic nitrogens is 2. The first kappa shape index (κ1) is 10.6. The average Bonchev–Trinajstić information content (AvgIpc) is 2.79.